The van der Waals surface area contributed by atoms with Crippen LogP contribution < -0.4 is 5.73 Å². The number of aliphatic carboxylic acids is 1. The first-order chi connectivity index (χ1) is 7.08. The lowest BCUT2D eigenvalue weighted by atomic mass is 9.93. The van der Waals surface area contributed by atoms with Gasteiger partial charge in [-0.05, 0) is 32.1 Å². The number of carbonyl (C=O) groups is 1. The molecule has 1 saturated carbocycles. The molecule has 2 fully saturated rings. The Hall–Kier alpha value is -0.610. The summed E-state index contributed by atoms with van der Waals surface area (Å²) in [4.78, 5) is 13.2. The van der Waals surface area contributed by atoms with Crippen molar-refractivity contribution in [3.8, 4) is 0 Å². The van der Waals surface area contributed by atoms with E-state index in [1.807, 2.05) is 0 Å². The Morgan fingerprint density at radius 1 is 1.47 bits per heavy atom. The van der Waals surface area contributed by atoms with E-state index in [-0.39, 0.29) is 12.0 Å². The monoisotopic (exact) mass is 212 g/mol. The zero-order chi connectivity index (χ0) is 11.0. The molecule has 0 aromatic rings. The van der Waals surface area contributed by atoms with Crippen molar-refractivity contribution in [3.63, 3.8) is 0 Å². The molecule has 0 aromatic carbocycles. The predicted molar refractivity (Wildman–Crippen MR) is 57.5 cm³/mol. The summed E-state index contributed by atoms with van der Waals surface area (Å²) >= 11 is 0. The molecule has 0 amide bonds. The lowest BCUT2D eigenvalue weighted by Crippen LogP contribution is -2.52. The van der Waals surface area contributed by atoms with E-state index >= 15 is 0 Å². The summed E-state index contributed by atoms with van der Waals surface area (Å²) in [5, 5.41) is 9.03. The molecule has 4 nitrogen and oxygen atoms in total. The van der Waals surface area contributed by atoms with Gasteiger partial charge in [-0.15, -0.1) is 0 Å². The van der Waals surface area contributed by atoms with Crippen LogP contribution in [-0.2, 0) is 4.79 Å². The van der Waals surface area contributed by atoms with Gasteiger partial charge in [-0.2, -0.15) is 0 Å². The lowest BCUT2D eigenvalue weighted by Gasteiger charge is -2.38. The van der Waals surface area contributed by atoms with Crippen molar-refractivity contribution in [2.45, 2.75) is 38.3 Å². The first kappa shape index (κ1) is 10.9. The van der Waals surface area contributed by atoms with Gasteiger partial charge in [-0.25, -0.2) is 0 Å². The third-order valence-corrected chi connectivity index (χ3v) is 3.74. The molecule has 1 aliphatic heterocycles. The van der Waals surface area contributed by atoms with Crippen LogP contribution in [0.1, 0.15) is 26.2 Å². The minimum Gasteiger partial charge on any atom is -0.481 e. The van der Waals surface area contributed by atoms with E-state index in [9.17, 15) is 4.79 Å². The molecule has 0 aromatic heterocycles. The maximum Gasteiger partial charge on any atom is 0.307 e. The Bertz CT molecular complexity index is 253. The standard InChI is InChI=1S/C11H20N2O2/c1-7(8-2-3-8)13-5-9(11(14)15)4-10(12)6-13/h7-10H,2-6,12H2,1H3,(H,14,15). The SMILES string of the molecule is CC(C1CC1)N1CC(N)CC(C(=O)O)C1. The quantitative estimate of drug-likeness (QED) is 0.715. The maximum absolute atomic E-state index is 11.0. The Kier molecular flexibility index (Phi) is 2.98. The van der Waals surface area contributed by atoms with Crippen LogP contribution in [0.15, 0.2) is 0 Å². The van der Waals surface area contributed by atoms with E-state index in [2.05, 4.69) is 11.8 Å². The molecule has 0 radical (unpaired) electrons. The fourth-order valence-electron chi connectivity index (χ4n) is 2.56. The average Bonchev–Trinajstić information content (AvgIpc) is 2.98. The number of rotatable bonds is 3. The van der Waals surface area contributed by atoms with Crippen LogP contribution in [0.2, 0.25) is 0 Å². The molecule has 2 rings (SSSR count). The van der Waals surface area contributed by atoms with Crippen LogP contribution in [0.5, 0.6) is 0 Å². The van der Waals surface area contributed by atoms with Gasteiger partial charge < -0.3 is 10.8 Å². The first-order valence-electron chi connectivity index (χ1n) is 5.80. The number of nitrogens with zero attached hydrogens (tertiary/aromatic N) is 1. The molecule has 2 aliphatic rings. The minimum absolute atomic E-state index is 0.0287. The molecule has 3 atom stereocenters. The fourth-order valence-corrected chi connectivity index (χ4v) is 2.56. The summed E-state index contributed by atoms with van der Waals surface area (Å²) in [6.07, 6.45) is 3.22. The van der Waals surface area contributed by atoms with Crippen molar-refractivity contribution in [1.82, 2.24) is 4.90 Å². The number of hydrogen-bond donors (Lipinski definition) is 2. The molecule has 1 heterocycles. The number of piperidine rings is 1. The Balaban J connectivity index is 1.96. The largest absolute Gasteiger partial charge is 0.481 e. The first-order valence-corrected chi connectivity index (χ1v) is 5.80. The van der Waals surface area contributed by atoms with Crippen molar-refractivity contribution in [2.75, 3.05) is 13.1 Å². The summed E-state index contributed by atoms with van der Waals surface area (Å²) in [5.41, 5.74) is 5.91. The van der Waals surface area contributed by atoms with Crippen LogP contribution in [0.25, 0.3) is 0 Å². The molecule has 15 heavy (non-hydrogen) atoms. The average molecular weight is 212 g/mol. The van der Waals surface area contributed by atoms with Crippen molar-refractivity contribution in [3.05, 3.63) is 0 Å². The summed E-state index contributed by atoms with van der Waals surface area (Å²) < 4.78 is 0. The third kappa shape index (κ3) is 2.49. The number of carboxylic acids is 1. The molecule has 0 spiro atoms. The van der Waals surface area contributed by atoms with Crippen molar-refractivity contribution in [1.29, 1.82) is 0 Å². The summed E-state index contributed by atoms with van der Waals surface area (Å²) in [6.45, 7) is 3.75. The summed E-state index contributed by atoms with van der Waals surface area (Å²) in [5.74, 6) is -0.183. The summed E-state index contributed by atoms with van der Waals surface area (Å²) in [6, 6.07) is 0.541. The van der Waals surface area contributed by atoms with Crippen molar-refractivity contribution < 1.29 is 9.90 Å². The smallest absolute Gasteiger partial charge is 0.307 e. The highest BCUT2D eigenvalue weighted by Crippen LogP contribution is 2.36. The van der Waals surface area contributed by atoms with Gasteiger partial charge in [0, 0.05) is 25.2 Å². The fraction of sp³-hybridized carbons (Fsp3) is 0.909. The third-order valence-electron chi connectivity index (χ3n) is 3.74. The Morgan fingerprint density at radius 3 is 2.67 bits per heavy atom. The summed E-state index contributed by atoms with van der Waals surface area (Å²) in [7, 11) is 0. The van der Waals surface area contributed by atoms with Crippen LogP contribution >= 0.6 is 0 Å². The van der Waals surface area contributed by atoms with Crippen LogP contribution in [0.3, 0.4) is 0 Å². The van der Waals surface area contributed by atoms with E-state index in [1.54, 1.807) is 0 Å². The maximum atomic E-state index is 11.0. The molecule has 1 saturated heterocycles. The van der Waals surface area contributed by atoms with Crippen LogP contribution in [-0.4, -0.2) is 41.1 Å². The molecule has 3 unspecified atom stereocenters. The Morgan fingerprint density at radius 2 is 2.13 bits per heavy atom. The van der Waals surface area contributed by atoms with Crippen molar-refractivity contribution >= 4 is 5.97 Å². The van der Waals surface area contributed by atoms with Crippen LogP contribution in [0.4, 0.5) is 0 Å². The highest BCUT2D eigenvalue weighted by molar-refractivity contribution is 5.70. The number of nitrogens with two attached hydrogens (primary N) is 1. The van der Waals surface area contributed by atoms with Gasteiger partial charge in [0.1, 0.15) is 0 Å². The number of carboxylic acid groups (broad SMARTS) is 1. The van der Waals surface area contributed by atoms with Gasteiger partial charge in [0.25, 0.3) is 0 Å². The topological polar surface area (TPSA) is 66.6 Å². The second-order valence-corrected chi connectivity index (χ2v) is 5.06. The molecule has 4 heteroatoms. The number of likely N-dealkylation sites (tertiary alicyclic amines) is 1. The highest BCUT2D eigenvalue weighted by atomic mass is 16.4. The van der Waals surface area contributed by atoms with Gasteiger partial charge in [-0.3, -0.25) is 9.69 Å². The van der Waals surface area contributed by atoms with E-state index in [0.717, 1.165) is 12.5 Å². The molecule has 0 bridgehead atoms. The van der Waals surface area contributed by atoms with Gasteiger partial charge in [0.2, 0.25) is 0 Å². The van der Waals surface area contributed by atoms with E-state index in [0.29, 0.717) is 19.0 Å². The van der Waals surface area contributed by atoms with E-state index in [1.165, 1.54) is 12.8 Å². The number of hydrogen-bond acceptors (Lipinski definition) is 3. The van der Waals surface area contributed by atoms with Gasteiger partial charge >= 0.3 is 5.97 Å². The Labute approximate surface area is 90.4 Å². The second kappa shape index (κ2) is 4.10. The van der Waals surface area contributed by atoms with Gasteiger partial charge in [0.15, 0.2) is 0 Å². The van der Waals surface area contributed by atoms with Gasteiger partial charge in [0.05, 0.1) is 5.92 Å². The van der Waals surface area contributed by atoms with Crippen molar-refractivity contribution in [2.24, 2.45) is 17.6 Å². The normalized spacial score (nSPS) is 35.1. The van der Waals surface area contributed by atoms with E-state index in [4.69, 9.17) is 10.8 Å². The molecule has 3 N–H and O–H groups in total. The van der Waals surface area contributed by atoms with Gasteiger partial charge in [-0.1, -0.05) is 0 Å². The van der Waals surface area contributed by atoms with Crippen LogP contribution in [0, 0.1) is 11.8 Å². The lowest BCUT2D eigenvalue weighted by molar-refractivity contribution is -0.144. The zero-order valence-corrected chi connectivity index (χ0v) is 9.22. The molecule has 1 aliphatic carbocycles. The minimum atomic E-state index is -0.696. The highest BCUT2D eigenvalue weighted by Gasteiger charge is 2.37. The second-order valence-electron chi connectivity index (χ2n) is 5.06. The molecular weight excluding hydrogens is 192 g/mol. The molecular formula is C11H20N2O2. The zero-order valence-electron chi connectivity index (χ0n) is 9.22. The predicted octanol–water partition coefficient (Wildman–Crippen LogP) is 0.519. The molecule has 86 valence electrons. The van der Waals surface area contributed by atoms with E-state index < -0.39 is 5.97 Å².